The lowest BCUT2D eigenvalue weighted by Gasteiger charge is -2.15. The quantitative estimate of drug-likeness (QED) is 0.697. The molecule has 2 aromatic rings. The first-order valence-electron chi connectivity index (χ1n) is 8.44. The van der Waals surface area contributed by atoms with Crippen LogP contribution in [0.15, 0.2) is 48.5 Å². The van der Waals surface area contributed by atoms with Gasteiger partial charge in [-0.25, -0.2) is 0 Å². The summed E-state index contributed by atoms with van der Waals surface area (Å²) >= 11 is 0. The molecule has 146 valence electrons. The van der Waals surface area contributed by atoms with E-state index in [1.165, 1.54) is 19.1 Å². The Morgan fingerprint density at radius 1 is 1.11 bits per heavy atom. The maximum Gasteiger partial charge on any atom is 0.416 e. The zero-order valence-electron chi connectivity index (χ0n) is 14.8. The Labute approximate surface area is 155 Å². The van der Waals surface area contributed by atoms with Crippen LogP contribution in [0.1, 0.15) is 30.0 Å². The fourth-order valence-electron chi connectivity index (χ4n) is 2.41. The predicted molar refractivity (Wildman–Crippen MR) is 93.2 cm³/mol. The summed E-state index contributed by atoms with van der Waals surface area (Å²) in [5.41, 5.74) is 0.694. The number of esters is 1. The van der Waals surface area contributed by atoms with Gasteiger partial charge in [0.15, 0.2) is 0 Å². The number of benzene rings is 2. The highest BCUT2D eigenvalue weighted by Crippen LogP contribution is 2.29. The van der Waals surface area contributed by atoms with Crippen LogP contribution in [0.25, 0.3) is 0 Å². The van der Waals surface area contributed by atoms with Crippen LogP contribution in [-0.2, 0) is 28.7 Å². The van der Waals surface area contributed by atoms with Gasteiger partial charge in [0.25, 0.3) is 0 Å². The Morgan fingerprint density at radius 3 is 2.41 bits per heavy atom. The number of rotatable bonds is 8. The largest absolute Gasteiger partial charge is 0.490 e. The number of aliphatic hydroxyl groups is 1. The molecule has 0 amide bonds. The number of aryl methyl sites for hydroxylation is 1. The molecule has 7 heteroatoms. The van der Waals surface area contributed by atoms with Crippen molar-refractivity contribution in [3.63, 3.8) is 0 Å². The summed E-state index contributed by atoms with van der Waals surface area (Å²) in [6, 6.07) is 11.9. The van der Waals surface area contributed by atoms with Gasteiger partial charge in [0.1, 0.15) is 19.0 Å². The molecule has 1 atom stereocenters. The molecule has 0 saturated heterocycles. The van der Waals surface area contributed by atoms with Crippen molar-refractivity contribution in [2.45, 2.75) is 38.7 Å². The van der Waals surface area contributed by atoms with Gasteiger partial charge in [0.2, 0.25) is 0 Å². The first-order valence-corrected chi connectivity index (χ1v) is 8.44. The van der Waals surface area contributed by atoms with Gasteiger partial charge in [0, 0.05) is 12.5 Å². The third-order valence-corrected chi connectivity index (χ3v) is 3.88. The first-order chi connectivity index (χ1) is 12.8. The minimum absolute atomic E-state index is 0.0255. The Kier molecular flexibility index (Phi) is 7.24. The average molecular weight is 382 g/mol. The van der Waals surface area contributed by atoms with E-state index in [9.17, 15) is 23.1 Å². The van der Waals surface area contributed by atoms with Gasteiger partial charge in [-0.3, -0.25) is 4.79 Å². The topological polar surface area (TPSA) is 55.8 Å². The summed E-state index contributed by atoms with van der Waals surface area (Å²) in [6.45, 7) is 1.42. The molecular weight excluding hydrogens is 361 g/mol. The van der Waals surface area contributed by atoms with Crippen LogP contribution in [0.5, 0.6) is 5.75 Å². The third-order valence-electron chi connectivity index (χ3n) is 3.88. The maximum atomic E-state index is 12.5. The van der Waals surface area contributed by atoms with Gasteiger partial charge < -0.3 is 14.6 Å². The molecule has 0 fully saturated rings. The van der Waals surface area contributed by atoms with Crippen LogP contribution >= 0.6 is 0 Å². The highest BCUT2D eigenvalue weighted by atomic mass is 19.4. The second kappa shape index (κ2) is 9.41. The number of hydrogen-bond donors (Lipinski definition) is 1. The molecule has 2 aromatic carbocycles. The molecule has 0 saturated carbocycles. The number of aliphatic hydroxyl groups excluding tert-OH is 1. The first kappa shape index (κ1) is 20.8. The molecule has 27 heavy (non-hydrogen) atoms. The van der Waals surface area contributed by atoms with E-state index in [4.69, 9.17) is 9.47 Å². The number of carbonyl (C=O) groups is 1. The Balaban J connectivity index is 1.83. The lowest BCUT2D eigenvalue weighted by atomic mass is 10.0. The fraction of sp³-hybridized carbons (Fsp3) is 0.350. The molecule has 0 heterocycles. The van der Waals surface area contributed by atoms with E-state index in [-0.39, 0.29) is 13.2 Å². The van der Waals surface area contributed by atoms with E-state index in [1.54, 1.807) is 24.3 Å². The van der Waals surface area contributed by atoms with Gasteiger partial charge in [-0.1, -0.05) is 30.3 Å². The summed E-state index contributed by atoms with van der Waals surface area (Å²) in [6.07, 6.45) is -4.37. The lowest BCUT2D eigenvalue weighted by molar-refractivity contribution is -0.142. The second-order valence-electron chi connectivity index (χ2n) is 6.09. The molecule has 0 aliphatic heterocycles. The van der Waals surface area contributed by atoms with Crippen LogP contribution in [0.2, 0.25) is 0 Å². The number of ether oxygens (including phenoxy) is 2. The van der Waals surface area contributed by atoms with Crippen molar-refractivity contribution in [3.05, 3.63) is 65.2 Å². The van der Waals surface area contributed by atoms with Crippen molar-refractivity contribution in [1.29, 1.82) is 0 Å². The van der Waals surface area contributed by atoms with Gasteiger partial charge in [-0.15, -0.1) is 0 Å². The average Bonchev–Trinajstić information content (AvgIpc) is 2.63. The summed E-state index contributed by atoms with van der Waals surface area (Å²) in [7, 11) is 0. The predicted octanol–water partition coefficient (Wildman–Crippen LogP) is 4.14. The molecule has 0 aromatic heterocycles. The molecular formula is C20H21F3O4. The Hall–Kier alpha value is -2.54. The van der Waals surface area contributed by atoms with Crippen molar-refractivity contribution in [3.8, 4) is 5.75 Å². The van der Waals surface area contributed by atoms with Crippen LogP contribution in [0.3, 0.4) is 0 Å². The van der Waals surface area contributed by atoms with E-state index in [0.29, 0.717) is 29.7 Å². The molecule has 1 unspecified atom stereocenters. The standard InChI is InChI=1S/C20H21F3O4/c1-14(24)26-12-16-4-2-3-5-19(16)27-13-18(25)11-8-15-6-9-17(10-7-15)20(21,22)23/h2-7,9-10,18,25H,8,11-13H2,1H3. The summed E-state index contributed by atoms with van der Waals surface area (Å²) < 4.78 is 48.2. The van der Waals surface area contributed by atoms with E-state index >= 15 is 0 Å². The molecule has 0 spiro atoms. The van der Waals surface area contributed by atoms with Gasteiger partial charge in [-0.2, -0.15) is 13.2 Å². The zero-order valence-corrected chi connectivity index (χ0v) is 14.8. The highest BCUT2D eigenvalue weighted by molar-refractivity contribution is 5.66. The Morgan fingerprint density at radius 2 is 1.78 bits per heavy atom. The van der Waals surface area contributed by atoms with E-state index < -0.39 is 23.8 Å². The fourth-order valence-corrected chi connectivity index (χ4v) is 2.41. The third kappa shape index (κ3) is 6.94. The van der Waals surface area contributed by atoms with Gasteiger partial charge >= 0.3 is 12.1 Å². The van der Waals surface area contributed by atoms with Gasteiger partial charge in [-0.05, 0) is 36.6 Å². The van der Waals surface area contributed by atoms with Crippen molar-refractivity contribution in [2.75, 3.05) is 6.61 Å². The van der Waals surface area contributed by atoms with Crippen LogP contribution < -0.4 is 4.74 Å². The smallest absolute Gasteiger partial charge is 0.416 e. The van der Waals surface area contributed by atoms with E-state index in [2.05, 4.69) is 0 Å². The number of alkyl halides is 3. The summed E-state index contributed by atoms with van der Waals surface area (Å²) in [4.78, 5) is 10.9. The van der Waals surface area contributed by atoms with E-state index in [0.717, 1.165) is 12.1 Å². The minimum Gasteiger partial charge on any atom is -0.490 e. The molecule has 0 aliphatic rings. The van der Waals surface area contributed by atoms with Crippen LogP contribution in [-0.4, -0.2) is 23.8 Å². The summed E-state index contributed by atoms with van der Waals surface area (Å²) in [5.74, 6) is 0.105. The maximum absolute atomic E-state index is 12.5. The highest BCUT2D eigenvalue weighted by Gasteiger charge is 2.29. The van der Waals surface area contributed by atoms with Crippen LogP contribution in [0.4, 0.5) is 13.2 Å². The second-order valence-corrected chi connectivity index (χ2v) is 6.09. The number of para-hydroxylation sites is 1. The molecule has 2 rings (SSSR count). The molecule has 1 N–H and O–H groups in total. The summed E-state index contributed by atoms with van der Waals surface area (Å²) in [5, 5.41) is 10.1. The monoisotopic (exact) mass is 382 g/mol. The number of hydrogen-bond acceptors (Lipinski definition) is 4. The van der Waals surface area contributed by atoms with Crippen molar-refractivity contribution in [2.24, 2.45) is 0 Å². The Bertz CT molecular complexity index is 742. The molecule has 0 radical (unpaired) electrons. The number of halogens is 3. The SMILES string of the molecule is CC(=O)OCc1ccccc1OCC(O)CCc1ccc(C(F)(F)F)cc1. The minimum atomic E-state index is -4.36. The molecule has 0 aliphatic carbocycles. The van der Waals surface area contributed by atoms with Crippen molar-refractivity contribution in [1.82, 2.24) is 0 Å². The zero-order chi connectivity index (χ0) is 19.9. The van der Waals surface area contributed by atoms with Crippen molar-refractivity contribution < 1.29 is 32.5 Å². The lowest BCUT2D eigenvalue weighted by Crippen LogP contribution is -2.19. The number of carbonyl (C=O) groups excluding carboxylic acids is 1. The van der Waals surface area contributed by atoms with Crippen LogP contribution in [0, 0.1) is 0 Å². The molecule has 0 bridgehead atoms. The van der Waals surface area contributed by atoms with Crippen molar-refractivity contribution >= 4 is 5.97 Å². The molecule has 4 nitrogen and oxygen atoms in total. The van der Waals surface area contributed by atoms with E-state index in [1.807, 2.05) is 0 Å². The van der Waals surface area contributed by atoms with Gasteiger partial charge in [0.05, 0.1) is 11.7 Å². The normalized spacial score (nSPS) is 12.5.